The van der Waals surface area contributed by atoms with Gasteiger partial charge >= 0.3 is 0 Å². The molecular weight excluding hydrogens is 456 g/mol. The summed E-state index contributed by atoms with van der Waals surface area (Å²) in [5, 5.41) is 2.29. The molecule has 0 N–H and O–H groups in total. The minimum absolute atomic E-state index is 0.917. The molecule has 0 spiro atoms. The van der Waals surface area contributed by atoms with Gasteiger partial charge in [-0.15, -0.1) is 0 Å². The average molecular weight is 475 g/mol. The van der Waals surface area contributed by atoms with E-state index in [1.165, 1.54) is 22.3 Å². The maximum atomic E-state index is 6.29. The molecule has 1 aromatic heterocycles. The van der Waals surface area contributed by atoms with E-state index < -0.39 is 0 Å². The van der Waals surface area contributed by atoms with Crippen molar-refractivity contribution in [2.45, 2.75) is 0 Å². The molecule has 0 bridgehead atoms. The summed E-state index contributed by atoms with van der Waals surface area (Å²) >= 11 is 3.74. The van der Waals surface area contributed by atoms with Crippen LogP contribution in [0.4, 0.5) is 0 Å². The van der Waals surface area contributed by atoms with Gasteiger partial charge in [0.1, 0.15) is 11.2 Å². The van der Waals surface area contributed by atoms with Gasteiger partial charge in [0, 0.05) is 20.8 Å². The summed E-state index contributed by atoms with van der Waals surface area (Å²) in [5.74, 6) is 0. The Bertz CT molecular complexity index is 1580. The smallest absolute Gasteiger partial charge is 0.143 e. The van der Waals surface area contributed by atoms with E-state index in [1.807, 2.05) is 18.2 Å². The monoisotopic (exact) mass is 474 g/mol. The number of rotatable bonds is 3. The summed E-state index contributed by atoms with van der Waals surface area (Å²) in [4.78, 5) is 0. The molecule has 2 heteroatoms. The SMILES string of the molecule is Brc1cc(-c2cccc(-c3ccccc3)c2)cc(-c2cccc3c2oc2ccccc23)c1. The standard InChI is InChI=1S/C30H19BrO/c31-25-18-23(22-11-6-10-21(16-22)20-8-2-1-3-9-20)17-24(19-25)26-13-7-14-28-27-12-4-5-15-29(27)32-30(26)28/h1-19H. The molecule has 0 amide bonds. The van der Waals surface area contributed by atoms with Gasteiger partial charge in [-0.3, -0.25) is 0 Å². The zero-order valence-corrected chi connectivity index (χ0v) is 18.8. The van der Waals surface area contributed by atoms with E-state index in [9.17, 15) is 0 Å². The highest BCUT2D eigenvalue weighted by Gasteiger charge is 2.13. The lowest BCUT2D eigenvalue weighted by atomic mass is 9.95. The number of hydrogen-bond acceptors (Lipinski definition) is 1. The van der Waals surface area contributed by atoms with Gasteiger partial charge in [-0.2, -0.15) is 0 Å². The molecule has 0 atom stereocenters. The number of fused-ring (bicyclic) bond motifs is 3. The molecule has 5 aromatic carbocycles. The number of benzene rings is 5. The normalized spacial score (nSPS) is 11.3. The molecule has 152 valence electrons. The first-order chi connectivity index (χ1) is 15.8. The molecule has 0 saturated heterocycles. The van der Waals surface area contributed by atoms with Crippen LogP contribution in [-0.4, -0.2) is 0 Å². The van der Waals surface area contributed by atoms with Crippen LogP contribution in [0.2, 0.25) is 0 Å². The van der Waals surface area contributed by atoms with E-state index in [-0.39, 0.29) is 0 Å². The van der Waals surface area contributed by atoms with Crippen molar-refractivity contribution in [1.29, 1.82) is 0 Å². The highest BCUT2D eigenvalue weighted by molar-refractivity contribution is 9.10. The van der Waals surface area contributed by atoms with Crippen molar-refractivity contribution in [2.24, 2.45) is 0 Å². The fraction of sp³-hybridized carbons (Fsp3) is 0. The van der Waals surface area contributed by atoms with Gasteiger partial charge in [-0.05, 0) is 58.1 Å². The predicted octanol–water partition coefficient (Wildman–Crippen LogP) is 9.35. The Balaban J connectivity index is 1.51. The molecule has 32 heavy (non-hydrogen) atoms. The van der Waals surface area contributed by atoms with Crippen LogP contribution in [0.1, 0.15) is 0 Å². The molecular formula is C30H19BrO. The Kier molecular flexibility index (Phi) is 4.66. The molecule has 0 unspecified atom stereocenters. The molecule has 6 rings (SSSR count). The second kappa shape index (κ2) is 7.81. The van der Waals surface area contributed by atoms with Crippen LogP contribution >= 0.6 is 15.9 Å². The third kappa shape index (κ3) is 3.34. The van der Waals surface area contributed by atoms with Crippen LogP contribution in [0.5, 0.6) is 0 Å². The molecule has 0 saturated carbocycles. The zero-order valence-electron chi connectivity index (χ0n) is 17.3. The van der Waals surface area contributed by atoms with Crippen LogP contribution in [0.25, 0.3) is 55.3 Å². The van der Waals surface area contributed by atoms with E-state index in [1.54, 1.807) is 0 Å². The third-order valence-electron chi connectivity index (χ3n) is 5.92. The van der Waals surface area contributed by atoms with Crippen LogP contribution in [0.15, 0.2) is 124 Å². The maximum absolute atomic E-state index is 6.29. The Morgan fingerprint density at radius 3 is 1.97 bits per heavy atom. The highest BCUT2D eigenvalue weighted by Crippen LogP contribution is 2.38. The molecule has 6 aromatic rings. The number of hydrogen-bond donors (Lipinski definition) is 0. The van der Waals surface area contributed by atoms with Crippen LogP contribution in [-0.2, 0) is 0 Å². The van der Waals surface area contributed by atoms with Gasteiger partial charge in [0.05, 0.1) is 0 Å². The fourth-order valence-electron chi connectivity index (χ4n) is 4.40. The van der Waals surface area contributed by atoms with Crippen molar-refractivity contribution in [3.8, 4) is 33.4 Å². The van der Waals surface area contributed by atoms with Crippen molar-refractivity contribution >= 4 is 37.9 Å². The Morgan fingerprint density at radius 2 is 1.09 bits per heavy atom. The summed E-state index contributed by atoms with van der Waals surface area (Å²) < 4.78 is 7.33. The first-order valence-corrected chi connectivity index (χ1v) is 11.4. The lowest BCUT2D eigenvalue weighted by Gasteiger charge is -2.10. The largest absolute Gasteiger partial charge is 0.455 e. The summed E-state index contributed by atoms with van der Waals surface area (Å²) in [7, 11) is 0. The summed E-state index contributed by atoms with van der Waals surface area (Å²) in [6, 6.07) is 40.4. The van der Waals surface area contributed by atoms with Gasteiger partial charge < -0.3 is 4.42 Å². The summed E-state index contributed by atoms with van der Waals surface area (Å²) in [6.07, 6.45) is 0. The zero-order chi connectivity index (χ0) is 21.5. The van der Waals surface area contributed by atoms with Gasteiger partial charge in [-0.1, -0.05) is 101 Å². The van der Waals surface area contributed by atoms with Crippen LogP contribution in [0, 0.1) is 0 Å². The van der Waals surface area contributed by atoms with Crippen molar-refractivity contribution < 1.29 is 4.42 Å². The van der Waals surface area contributed by atoms with E-state index in [4.69, 9.17) is 4.42 Å². The second-order valence-corrected chi connectivity index (χ2v) is 8.87. The molecule has 1 nitrogen and oxygen atoms in total. The Labute approximate surface area is 195 Å². The molecule has 0 radical (unpaired) electrons. The summed E-state index contributed by atoms with van der Waals surface area (Å²) in [5.41, 5.74) is 8.85. The predicted molar refractivity (Wildman–Crippen MR) is 138 cm³/mol. The van der Waals surface area contributed by atoms with Gasteiger partial charge in [0.25, 0.3) is 0 Å². The van der Waals surface area contributed by atoms with E-state index >= 15 is 0 Å². The maximum Gasteiger partial charge on any atom is 0.143 e. The molecule has 0 aliphatic carbocycles. The number of furan rings is 1. The topological polar surface area (TPSA) is 13.1 Å². The number of para-hydroxylation sites is 2. The van der Waals surface area contributed by atoms with Crippen molar-refractivity contribution in [3.63, 3.8) is 0 Å². The van der Waals surface area contributed by atoms with Crippen molar-refractivity contribution in [1.82, 2.24) is 0 Å². The lowest BCUT2D eigenvalue weighted by molar-refractivity contribution is 0.670. The highest BCUT2D eigenvalue weighted by atomic mass is 79.9. The average Bonchev–Trinajstić information content (AvgIpc) is 3.23. The fourth-order valence-corrected chi connectivity index (χ4v) is 4.89. The first kappa shape index (κ1) is 19.1. The van der Waals surface area contributed by atoms with Crippen molar-refractivity contribution in [3.05, 3.63) is 120 Å². The number of halogens is 1. The van der Waals surface area contributed by atoms with E-state index in [2.05, 4.69) is 113 Å². The third-order valence-corrected chi connectivity index (χ3v) is 6.37. The molecule has 0 fully saturated rings. The van der Waals surface area contributed by atoms with Gasteiger partial charge in [0.15, 0.2) is 0 Å². The van der Waals surface area contributed by atoms with E-state index in [0.29, 0.717) is 0 Å². The molecule has 0 aliphatic heterocycles. The van der Waals surface area contributed by atoms with Gasteiger partial charge in [-0.25, -0.2) is 0 Å². The quantitative estimate of drug-likeness (QED) is 0.249. The lowest BCUT2D eigenvalue weighted by Crippen LogP contribution is -1.85. The Morgan fingerprint density at radius 1 is 0.469 bits per heavy atom. The summed E-state index contributed by atoms with van der Waals surface area (Å²) in [6.45, 7) is 0. The molecule has 0 aliphatic rings. The Hall–Kier alpha value is -3.62. The first-order valence-electron chi connectivity index (χ1n) is 10.6. The minimum Gasteiger partial charge on any atom is -0.455 e. The second-order valence-electron chi connectivity index (χ2n) is 7.96. The van der Waals surface area contributed by atoms with Crippen molar-refractivity contribution in [2.75, 3.05) is 0 Å². The van der Waals surface area contributed by atoms with Crippen LogP contribution < -0.4 is 0 Å². The van der Waals surface area contributed by atoms with Crippen LogP contribution in [0.3, 0.4) is 0 Å². The minimum atomic E-state index is 0.917. The molecule has 1 heterocycles. The van der Waals surface area contributed by atoms with Gasteiger partial charge in [0.2, 0.25) is 0 Å². The van der Waals surface area contributed by atoms with E-state index in [0.717, 1.165) is 37.5 Å².